The fraction of sp³-hybridized carbons (Fsp3) is 0.889. The van der Waals surface area contributed by atoms with Gasteiger partial charge >= 0.3 is 11.9 Å². The molecule has 0 saturated heterocycles. The van der Waals surface area contributed by atoms with Gasteiger partial charge in [-0.1, -0.05) is 46.0 Å². The molecule has 0 spiro atoms. The van der Waals surface area contributed by atoms with E-state index in [0.29, 0.717) is 26.1 Å². The molecule has 0 fully saturated rings. The van der Waals surface area contributed by atoms with Crippen LogP contribution in [0.25, 0.3) is 0 Å². The van der Waals surface area contributed by atoms with Gasteiger partial charge in [-0.2, -0.15) is 0 Å². The summed E-state index contributed by atoms with van der Waals surface area (Å²) in [6.45, 7) is 5.29. The summed E-state index contributed by atoms with van der Waals surface area (Å²) in [4.78, 5) is 22.8. The fourth-order valence-corrected chi connectivity index (χ4v) is 2.11. The lowest BCUT2D eigenvalue weighted by molar-refractivity contribution is -0.145. The highest BCUT2D eigenvalue weighted by Crippen LogP contribution is 2.05. The van der Waals surface area contributed by atoms with Gasteiger partial charge in [0.15, 0.2) is 0 Å². The van der Waals surface area contributed by atoms with Crippen LogP contribution in [-0.4, -0.2) is 25.2 Å². The van der Waals surface area contributed by atoms with Crippen LogP contribution in [0.5, 0.6) is 0 Å². The van der Waals surface area contributed by atoms with E-state index in [1.165, 1.54) is 12.8 Å². The molecule has 0 N–H and O–H groups in total. The maximum Gasteiger partial charge on any atom is 0.305 e. The Hall–Kier alpha value is -1.06. The predicted molar refractivity (Wildman–Crippen MR) is 88.7 cm³/mol. The van der Waals surface area contributed by atoms with Crippen LogP contribution in [0.2, 0.25) is 0 Å². The van der Waals surface area contributed by atoms with Gasteiger partial charge in [0.2, 0.25) is 0 Å². The second kappa shape index (κ2) is 16.3. The van der Waals surface area contributed by atoms with Crippen molar-refractivity contribution in [2.45, 2.75) is 90.9 Å². The van der Waals surface area contributed by atoms with E-state index >= 15 is 0 Å². The molecule has 0 atom stereocenters. The third-order valence-electron chi connectivity index (χ3n) is 3.53. The van der Waals surface area contributed by atoms with Crippen LogP contribution in [0.3, 0.4) is 0 Å². The van der Waals surface area contributed by atoms with E-state index in [9.17, 15) is 9.59 Å². The number of unbranched alkanes of at least 4 members (excludes halogenated alkanes) is 7. The zero-order valence-corrected chi connectivity index (χ0v) is 14.5. The molecule has 0 amide bonds. The van der Waals surface area contributed by atoms with E-state index in [1.807, 2.05) is 0 Å². The molecule has 4 nitrogen and oxygen atoms in total. The van der Waals surface area contributed by atoms with E-state index < -0.39 is 0 Å². The molecule has 0 radical (unpaired) electrons. The van der Waals surface area contributed by atoms with E-state index in [4.69, 9.17) is 9.47 Å². The molecule has 0 aliphatic rings. The van der Waals surface area contributed by atoms with Crippen molar-refractivity contribution < 1.29 is 19.1 Å². The molecule has 0 aromatic carbocycles. The SMILES string of the molecule is CCCCCCOC(=O)CCCCCOC(=O)CCCCC. The summed E-state index contributed by atoms with van der Waals surface area (Å²) in [6.07, 6.45) is 11.1. The van der Waals surface area contributed by atoms with Crippen molar-refractivity contribution in [2.24, 2.45) is 0 Å². The minimum atomic E-state index is -0.104. The normalized spacial score (nSPS) is 10.5. The second-order valence-corrected chi connectivity index (χ2v) is 5.77. The molecule has 0 saturated carbocycles. The third kappa shape index (κ3) is 15.3. The number of hydrogen-bond acceptors (Lipinski definition) is 4. The summed E-state index contributed by atoms with van der Waals surface area (Å²) in [7, 11) is 0. The maximum absolute atomic E-state index is 11.5. The van der Waals surface area contributed by atoms with Gasteiger partial charge < -0.3 is 9.47 Å². The third-order valence-corrected chi connectivity index (χ3v) is 3.53. The largest absolute Gasteiger partial charge is 0.466 e. The van der Waals surface area contributed by atoms with Gasteiger partial charge in [0.25, 0.3) is 0 Å². The number of carbonyl (C=O) groups is 2. The Morgan fingerprint density at radius 2 is 1.00 bits per heavy atom. The summed E-state index contributed by atoms with van der Waals surface area (Å²) in [5, 5.41) is 0. The molecule has 0 unspecified atom stereocenters. The van der Waals surface area contributed by atoms with E-state index in [0.717, 1.165) is 51.4 Å². The number of ether oxygens (including phenoxy) is 2. The Bertz CT molecular complexity index is 276. The molecular weight excluding hydrogens is 280 g/mol. The second-order valence-electron chi connectivity index (χ2n) is 5.77. The van der Waals surface area contributed by atoms with Crippen LogP contribution in [0, 0.1) is 0 Å². The molecule has 0 rings (SSSR count). The molecule has 22 heavy (non-hydrogen) atoms. The molecule has 130 valence electrons. The molecule has 0 bridgehead atoms. The van der Waals surface area contributed by atoms with Gasteiger partial charge in [-0.3, -0.25) is 9.59 Å². The van der Waals surface area contributed by atoms with E-state index in [1.54, 1.807) is 0 Å². The zero-order valence-electron chi connectivity index (χ0n) is 14.5. The van der Waals surface area contributed by atoms with Crippen LogP contribution in [0.1, 0.15) is 90.9 Å². The van der Waals surface area contributed by atoms with Crippen LogP contribution >= 0.6 is 0 Å². The summed E-state index contributed by atoms with van der Waals surface area (Å²) in [6, 6.07) is 0. The highest BCUT2D eigenvalue weighted by molar-refractivity contribution is 5.69. The quantitative estimate of drug-likeness (QED) is 0.322. The Balaban J connectivity index is 3.27. The van der Waals surface area contributed by atoms with Crippen LogP contribution in [-0.2, 0) is 19.1 Å². The van der Waals surface area contributed by atoms with Gasteiger partial charge in [0, 0.05) is 12.8 Å². The van der Waals surface area contributed by atoms with Crippen molar-refractivity contribution in [1.82, 2.24) is 0 Å². The van der Waals surface area contributed by atoms with Crippen molar-refractivity contribution in [3.8, 4) is 0 Å². The number of rotatable bonds is 15. The van der Waals surface area contributed by atoms with Gasteiger partial charge in [-0.15, -0.1) is 0 Å². The van der Waals surface area contributed by atoms with Crippen molar-refractivity contribution in [3.63, 3.8) is 0 Å². The molecule has 0 aromatic heterocycles. The maximum atomic E-state index is 11.5. The van der Waals surface area contributed by atoms with Gasteiger partial charge in [-0.25, -0.2) is 0 Å². The summed E-state index contributed by atoms with van der Waals surface area (Å²) in [5.74, 6) is -0.201. The van der Waals surface area contributed by atoms with Gasteiger partial charge in [-0.05, 0) is 32.1 Å². The first-order valence-electron chi connectivity index (χ1n) is 9.02. The lowest BCUT2D eigenvalue weighted by Gasteiger charge is -2.06. The van der Waals surface area contributed by atoms with Gasteiger partial charge in [0.05, 0.1) is 13.2 Å². The first-order chi connectivity index (χ1) is 10.7. The number of hydrogen-bond donors (Lipinski definition) is 0. The number of esters is 2. The average Bonchev–Trinajstić information content (AvgIpc) is 2.50. The minimum absolute atomic E-state index is 0.0973. The lowest BCUT2D eigenvalue weighted by Crippen LogP contribution is -2.07. The molecule has 0 aromatic rings. The summed E-state index contributed by atoms with van der Waals surface area (Å²) >= 11 is 0. The highest BCUT2D eigenvalue weighted by Gasteiger charge is 2.04. The summed E-state index contributed by atoms with van der Waals surface area (Å²) in [5.41, 5.74) is 0. The lowest BCUT2D eigenvalue weighted by atomic mass is 10.2. The van der Waals surface area contributed by atoms with Crippen LogP contribution in [0.4, 0.5) is 0 Å². The molecule has 4 heteroatoms. The monoisotopic (exact) mass is 314 g/mol. The van der Waals surface area contributed by atoms with Crippen molar-refractivity contribution in [3.05, 3.63) is 0 Å². The molecule has 0 aliphatic carbocycles. The Kier molecular flexibility index (Phi) is 15.5. The molecule has 0 heterocycles. The fourth-order valence-electron chi connectivity index (χ4n) is 2.11. The van der Waals surface area contributed by atoms with Crippen molar-refractivity contribution >= 4 is 11.9 Å². The Morgan fingerprint density at radius 1 is 0.591 bits per heavy atom. The first-order valence-corrected chi connectivity index (χ1v) is 9.02. The average molecular weight is 314 g/mol. The summed E-state index contributed by atoms with van der Waals surface area (Å²) < 4.78 is 10.3. The highest BCUT2D eigenvalue weighted by atomic mass is 16.5. The van der Waals surface area contributed by atoms with E-state index in [2.05, 4.69) is 13.8 Å². The van der Waals surface area contributed by atoms with Crippen LogP contribution in [0.15, 0.2) is 0 Å². The topological polar surface area (TPSA) is 52.6 Å². The van der Waals surface area contributed by atoms with Crippen molar-refractivity contribution in [1.29, 1.82) is 0 Å². The Labute approximate surface area is 135 Å². The predicted octanol–water partition coefficient (Wildman–Crippen LogP) is 4.79. The van der Waals surface area contributed by atoms with Crippen LogP contribution < -0.4 is 0 Å². The Morgan fingerprint density at radius 3 is 1.50 bits per heavy atom. The smallest absolute Gasteiger partial charge is 0.305 e. The standard InChI is InChI=1S/C18H34O4/c1-3-5-7-11-15-21-18(20)14-10-8-12-16-22-17(19)13-9-6-4-2/h3-16H2,1-2H3. The van der Waals surface area contributed by atoms with E-state index in [-0.39, 0.29) is 11.9 Å². The molecular formula is C18H34O4. The van der Waals surface area contributed by atoms with Gasteiger partial charge in [0.1, 0.15) is 0 Å². The number of carbonyl (C=O) groups excluding carboxylic acids is 2. The minimum Gasteiger partial charge on any atom is -0.466 e. The first kappa shape index (κ1) is 20.9. The molecule has 0 aliphatic heterocycles. The van der Waals surface area contributed by atoms with Crippen molar-refractivity contribution in [2.75, 3.05) is 13.2 Å². The zero-order chi connectivity index (χ0) is 16.5.